The van der Waals surface area contributed by atoms with E-state index in [0.29, 0.717) is 5.92 Å². The van der Waals surface area contributed by atoms with Crippen LogP contribution >= 0.6 is 50.5 Å². The Balaban J connectivity index is 4.40. The summed E-state index contributed by atoms with van der Waals surface area (Å²) < 4.78 is -0.910. The van der Waals surface area contributed by atoms with E-state index < -0.39 is 8.16 Å². The number of rotatable bonds is 2. The van der Waals surface area contributed by atoms with E-state index in [1.807, 2.05) is 20.8 Å². The van der Waals surface area contributed by atoms with Crippen LogP contribution in [0.15, 0.2) is 0 Å². The normalized spacial score (nSPS) is 14.4. The molecule has 0 N–H and O–H groups in total. The van der Waals surface area contributed by atoms with E-state index in [-0.39, 0.29) is 0 Å². The average Bonchev–Trinajstić information content (AvgIpc) is 1.62. The van der Waals surface area contributed by atoms with Crippen molar-refractivity contribution in [1.29, 1.82) is 0 Å². The molecule has 0 unspecified atom stereocenters. The average molecular weight is 214 g/mol. The number of hydrogen-bond acceptors (Lipinski definition) is 4. The lowest BCUT2D eigenvalue weighted by Crippen LogP contribution is -2.38. The fourth-order valence-electron chi connectivity index (χ4n) is 0.547. The molecule has 0 heterocycles. The van der Waals surface area contributed by atoms with E-state index >= 15 is 0 Å². The summed E-state index contributed by atoms with van der Waals surface area (Å²) in [4.78, 5) is 0. The van der Waals surface area contributed by atoms with Crippen LogP contribution in [0.4, 0.5) is 0 Å². The molecule has 10 heavy (non-hydrogen) atoms. The monoisotopic (exact) mass is 214 g/mol. The molecule has 0 amide bonds. The van der Waals surface area contributed by atoms with Crippen molar-refractivity contribution in [2.75, 3.05) is 0 Å². The Labute approximate surface area is 85.2 Å². The molecule has 62 valence electrons. The molecule has 0 nitrogen and oxygen atoms in total. The molecule has 0 saturated heterocycles. The third-order valence-electron chi connectivity index (χ3n) is 1.50. The van der Waals surface area contributed by atoms with Crippen LogP contribution in [0.3, 0.4) is 0 Å². The Morgan fingerprint density at radius 1 is 1.00 bits per heavy atom. The van der Waals surface area contributed by atoms with Gasteiger partial charge in [-0.3, -0.25) is 0 Å². The highest BCUT2D eigenvalue weighted by Gasteiger charge is 2.39. The molecule has 0 radical (unpaired) electrons. The first-order chi connectivity index (χ1) is 4.19. The van der Waals surface area contributed by atoms with Gasteiger partial charge in [0.15, 0.2) is 0 Å². The summed E-state index contributed by atoms with van der Waals surface area (Å²) in [5.74, 6) is 0.333. The fraction of sp³-hybridized carbons (Fsp3) is 1.00. The Bertz CT molecular complexity index is 111. The van der Waals surface area contributed by atoms with Crippen LogP contribution in [0, 0.1) is 5.92 Å². The quantitative estimate of drug-likeness (QED) is 0.394. The minimum Gasteiger partial charge on any atom is -0.160 e. The predicted molar refractivity (Wildman–Crippen MR) is 61.9 cm³/mol. The maximum Gasteiger partial charge on any atom is 0.0804 e. The predicted octanol–water partition coefficient (Wildman–Crippen LogP) is 2.77. The Morgan fingerprint density at radius 3 is 1.30 bits per heavy atom. The topological polar surface area (TPSA) is 0 Å². The van der Waals surface area contributed by atoms with Crippen LogP contribution in [0.2, 0.25) is 0 Å². The molecule has 0 aliphatic heterocycles. The smallest absolute Gasteiger partial charge is 0.0804 e. The van der Waals surface area contributed by atoms with Gasteiger partial charge >= 0.3 is 0 Å². The molecule has 0 spiro atoms. The number of hydrogen-bond donors (Lipinski definition) is 4. The van der Waals surface area contributed by atoms with Gasteiger partial charge in [-0.15, -0.1) is 0 Å². The van der Waals surface area contributed by atoms with Crippen LogP contribution in [-0.2, 0) is 0 Å². The van der Waals surface area contributed by atoms with Gasteiger partial charge in [-0.2, -0.15) is 50.5 Å². The van der Waals surface area contributed by atoms with Gasteiger partial charge in [-0.1, -0.05) is 13.8 Å². The zero-order chi connectivity index (χ0) is 8.58. The maximum atomic E-state index is 4.37. The SMILES string of the molecule is CC(C)C(S)(S)C(C)(S)S. The van der Waals surface area contributed by atoms with E-state index in [0.717, 1.165) is 0 Å². The summed E-state index contributed by atoms with van der Waals surface area (Å²) in [6.45, 7) is 5.98. The lowest BCUT2D eigenvalue weighted by atomic mass is 10.1. The largest absolute Gasteiger partial charge is 0.160 e. The summed E-state index contributed by atoms with van der Waals surface area (Å²) in [7, 11) is 0. The zero-order valence-corrected chi connectivity index (χ0v) is 9.94. The molecule has 0 rings (SSSR count). The molecule has 0 aromatic rings. The van der Waals surface area contributed by atoms with Gasteiger partial charge in [0.2, 0.25) is 0 Å². The second-order valence-corrected chi connectivity index (χ2v) is 6.81. The third kappa shape index (κ3) is 2.47. The lowest BCUT2D eigenvalue weighted by Gasteiger charge is -2.38. The highest BCUT2D eigenvalue weighted by Crippen LogP contribution is 2.45. The first-order valence-corrected chi connectivity index (χ1v) is 4.88. The molecular weight excluding hydrogens is 200 g/mol. The summed E-state index contributed by atoms with van der Waals surface area (Å²) in [6, 6.07) is 0. The van der Waals surface area contributed by atoms with Gasteiger partial charge in [0.05, 0.1) is 8.16 Å². The van der Waals surface area contributed by atoms with E-state index in [4.69, 9.17) is 0 Å². The molecule has 0 fully saturated rings. The maximum absolute atomic E-state index is 4.37. The van der Waals surface area contributed by atoms with E-state index in [9.17, 15) is 0 Å². The highest BCUT2D eigenvalue weighted by atomic mass is 32.2. The zero-order valence-electron chi connectivity index (χ0n) is 6.37. The van der Waals surface area contributed by atoms with Crippen LogP contribution in [0.5, 0.6) is 0 Å². The van der Waals surface area contributed by atoms with Gasteiger partial charge in [-0.05, 0) is 12.8 Å². The van der Waals surface area contributed by atoms with E-state index in [1.54, 1.807) is 0 Å². The van der Waals surface area contributed by atoms with Crippen molar-refractivity contribution in [3.8, 4) is 0 Å². The standard InChI is InChI=1S/C6H14S4/c1-4(2)6(9,10)5(3,7)8/h4,7-10H,1-3H3. The van der Waals surface area contributed by atoms with Crippen LogP contribution < -0.4 is 0 Å². The molecule has 0 saturated carbocycles. The molecule has 0 atom stereocenters. The second-order valence-electron chi connectivity index (χ2n) is 2.90. The van der Waals surface area contributed by atoms with Crippen molar-refractivity contribution < 1.29 is 0 Å². The van der Waals surface area contributed by atoms with Gasteiger partial charge in [0.1, 0.15) is 0 Å². The molecule has 0 aliphatic carbocycles. The minimum atomic E-state index is -0.465. The van der Waals surface area contributed by atoms with Crippen molar-refractivity contribution in [3.05, 3.63) is 0 Å². The first kappa shape index (κ1) is 11.4. The van der Waals surface area contributed by atoms with Crippen molar-refractivity contribution in [3.63, 3.8) is 0 Å². The summed E-state index contributed by atoms with van der Waals surface area (Å²) >= 11 is 17.3. The number of thiol groups is 4. The van der Waals surface area contributed by atoms with Crippen molar-refractivity contribution in [2.45, 2.75) is 28.9 Å². The van der Waals surface area contributed by atoms with E-state index in [2.05, 4.69) is 50.5 Å². The van der Waals surface area contributed by atoms with E-state index in [1.165, 1.54) is 0 Å². The molecule has 4 heteroatoms. The lowest BCUT2D eigenvalue weighted by molar-refractivity contribution is 0.554. The molecule has 0 aromatic carbocycles. The second kappa shape index (κ2) is 3.42. The van der Waals surface area contributed by atoms with Gasteiger partial charge in [-0.25, -0.2) is 0 Å². The highest BCUT2D eigenvalue weighted by molar-refractivity contribution is 8.08. The summed E-state index contributed by atoms with van der Waals surface area (Å²) in [6.07, 6.45) is 0. The van der Waals surface area contributed by atoms with Crippen LogP contribution in [-0.4, -0.2) is 8.16 Å². The van der Waals surface area contributed by atoms with Crippen LogP contribution in [0.25, 0.3) is 0 Å². The molecule has 0 aromatic heterocycles. The Kier molecular flexibility index (Phi) is 3.89. The Hall–Kier alpha value is 1.40. The van der Waals surface area contributed by atoms with Gasteiger partial charge in [0, 0.05) is 0 Å². The molecule has 0 bridgehead atoms. The van der Waals surface area contributed by atoms with Crippen molar-refractivity contribution >= 4 is 50.5 Å². The van der Waals surface area contributed by atoms with Gasteiger partial charge in [0.25, 0.3) is 0 Å². The summed E-state index contributed by atoms with van der Waals surface area (Å²) in [5, 5.41) is 0. The van der Waals surface area contributed by atoms with Crippen molar-refractivity contribution in [2.24, 2.45) is 5.92 Å². The van der Waals surface area contributed by atoms with Gasteiger partial charge < -0.3 is 0 Å². The fourth-order valence-corrected chi connectivity index (χ4v) is 1.06. The minimum absolute atomic E-state index is 0.333. The third-order valence-corrected chi connectivity index (χ3v) is 4.84. The molecular formula is C6H14S4. The molecule has 0 aliphatic rings. The van der Waals surface area contributed by atoms with Crippen LogP contribution in [0.1, 0.15) is 20.8 Å². The Morgan fingerprint density at radius 2 is 1.30 bits per heavy atom. The van der Waals surface area contributed by atoms with Crippen molar-refractivity contribution in [1.82, 2.24) is 0 Å². The first-order valence-electron chi connectivity index (χ1n) is 3.09. The summed E-state index contributed by atoms with van der Waals surface area (Å²) in [5.41, 5.74) is 0.